The van der Waals surface area contributed by atoms with Gasteiger partial charge in [-0.1, -0.05) is 13.2 Å². The average molecular weight is 283 g/mol. The SMILES string of the molecule is C=C(C)C(=O)CCCOCCOCCNC(=O)C(=C)C. The van der Waals surface area contributed by atoms with Crippen LogP contribution in [0.5, 0.6) is 0 Å². The zero-order valence-corrected chi connectivity index (χ0v) is 12.5. The summed E-state index contributed by atoms with van der Waals surface area (Å²) in [5.41, 5.74) is 1.07. The van der Waals surface area contributed by atoms with Gasteiger partial charge in [0.1, 0.15) is 0 Å². The third-order valence-electron chi connectivity index (χ3n) is 2.46. The van der Waals surface area contributed by atoms with Gasteiger partial charge < -0.3 is 14.8 Å². The van der Waals surface area contributed by atoms with Crippen molar-refractivity contribution >= 4 is 11.7 Å². The molecule has 0 rings (SSSR count). The summed E-state index contributed by atoms with van der Waals surface area (Å²) in [6, 6.07) is 0. The number of rotatable bonds is 12. The van der Waals surface area contributed by atoms with E-state index in [2.05, 4.69) is 18.5 Å². The van der Waals surface area contributed by atoms with Gasteiger partial charge in [-0.25, -0.2) is 0 Å². The van der Waals surface area contributed by atoms with Gasteiger partial charge in [-0.2, -0.15) is 0 Å². The van der Waals surface area contributed by atoms with Gasteiger partial charge in [0.05, 0.1) is 19.8 Å². The Bertz CT molecular complexity index is 316. The molecule has 0 saturated heterocycles. The van der Waals surface area contributed by atoms with Gasteiger partial charge in [0.15, 0.2) is 5.78 Å². The number of ketones is 1. The Morgan fingerprint density at radius 2 is 1.55 bits per heavy atom. The van der Waals surface area contributed by atoms with Crippen molar-refractivity contribution in [2.24, 2.45) is 0 Å². The standard InChI is InChI=1S/C15H25NO4/c1-12(2)14(17)6-5-8-19-10-11-20-9-7-16-15(18)13(3)4/h1,3,5-11H2,2,4H3,(H,16,18). The van der Waals surface area contributed by atoms with Gasteiger partial charge in [-0.05, 0) is 25.8 Å². The predicted molar refractivity (Wildman–Crippen MR) is 78.5 cm³/mol. The highest BCUT2D eigenvalue weighted by Gasteiger charge is 2.01. The van der Waals surface area contributed by atoms with Crippen LogP contribution in [-0.2, 0) is 19.1 Å². The van der Waals surface area contributed by atoms with Crippen LogP contribution in [0.25, 0.3) is 0 Å². The van der Waals surface area contributed by atoms with Crippen LogP contribution < -0.4 is 5.32 Å². The summed E-state index contributed by atoms with van der Waals surface area (Å²) >= 11 is 0. The fourth-order valence-corrected chi connectivity index (χ4v) is 1.26. The van der Waals surface area contributed by atoms with Gasteiger partial charge in [0, 0.05) is 25.1 Å². The molecule has 0 radical (unpaired) electrons. The van der Waals surface area contributed by atoms with Crippen LogP contribution in [0.3, 0.4) is 0 Å². The van der Waals surface area contributed by atoms with Gasteiger partial charge in [0.25, 0.3) is 0 Å². The number of nitrogens with one attached hydrogen (secondary N) is 1. The first-order chi connectivity index (χ1) is 9.45. The van der Waals surface area contributed by atoms with Crippen LogP contribution in [-0.4, -0.2) is 44.7 Å². The van der Waals surface area contributed by atoms with Crippen LogP contribution >= 0.6 is 0 Å². The molecule has 0 aliphatic heterocycles. The summed E-state index contributed by atoms with van der Waals surface area (Å²) in [5, 5.41) is 2.67. The summed E-state index contributed by atoms with van der Waals surface area (Å²) in [7, 11) is 0. The van der Waals surface area contributed by atoms with Crippen molar-refractivity contribution in [2.75, 3.05) is 33.0 Å². The second kappa shape index (κ2) is 11.4. The van der Waals surface area contributed by atoms with E-state index in [-0.39, 0.29) is 11.7 Å². The lowest BCUT2D eigenvalue weighted by Crippen LogP contribution is -2.27. The minimum absolute atomic E-state index is 0.0816. The highest BCUT2D eigenvalue weighted by molar-refractivity contribution is 5.94. The maximum Gasteiger partial charge on any atom is 0.246 e. The van der Waals surface area contributed by atoms with Crippen LogP contribution in [0.2, 0.25) is 0 Å². The molecule has 0 unspecified atom stereocenters. The van der Waals surface area contributed by atoms with Crippen LogP contribution in [0, 0.1) is 0 Å². The number of carbonyl (C=O) groups excluding carboxylic acids is 2. The lowest BCUT2D eigenvalue weighted by Gasteiger charge is -2.07. The number of Topliss-reactive ketones (excluding diaryl/α,β-unsaturated/α-hetero) is 1. The molecule has 1 N–H and O–H groups in total. The molecule has 5 nitrogen and oxygen atoms in total. The minimum atomic E-state index is -0.160. The number of amides is 1. The number of hydrogen-bond acceptors (Lipinski definition) is 4. The quantitative estimate of drug-likeness (QED) is 0.437. The highest BCUT2D eigenvalue weighted by Crippen LogP contribution is 1.99. The molecule has 0 bridgehead atoms. The molecule has 0 fully saturated rings. The van der Waals surface area contributed by atoms with Crippen molar-refractivity contribution < 1.29 is 19.1 Å². The molecular formula is C15H25NO4. The van der Waals surface area contributed by atoms with Crippen LogP contribution in [0.15, 0.2) is 24.3 Å². The van der Waals surface area contributed by atoms with E-state index in [1.807, 2.05) is 0 Å². The van der Waals surface area contributed by atoms with E-state index in [0.717, 1.165) is 0 Å². The Morgan fingerprint density at radius 3 is 2.10 bits per heavy atom. The summed E-state index contributed by atoms with van der Waals surface area (Å²) < 4.78 is 10.6. The van der Waals surface area contributed by atoms with Crippen LogP contribution in [0.4, 0.5) is 0 Å². The van der Waals surface area contributed by atoms with Crippen LogP contribution in [0.1, 0.15) is 26.7 Å². The molecule has 5 heteroatoms. The first-order valence-electron chi connectivity index (χ1n) is 6.73. The normalized spacial score (nSPS) is 10.1. The van der Waals surface area contributed by atoms with Gasteiger partial charge >= 0.3 is 0 Å². The Morgan fingerprint density at radius 1 is 0.950 bits per heavy atom. The van der Waals surface area contributed by atoms with Crippen molar-refractivity contribution in [1.29, 1.82) is 0 Å². The van der Waals surface area contributed by atoms with E-state index in [0.29, 0.717) is 57.0 Å². The zero-order valence-electron chi connectivity index (χ0n) is 12.5. The van der Waals surface area contributed by atoms with E-state index in [1.165, 1.54) is 0 Å². The molecule has 0 aromatic carbocycles. The molecule has 0 saturated carbocycles. The van der Waals surface area contributed by atoms with E-state index < -0.39 is 0 Å². The molecule has 0 aliphatic carbocycles. The highest BCUT2D eigenvalue weighted by atomic mass is 16.5. The average Bonchev–Trinajstić information content (AvgIpc) is 2.39. The Labute approximate surface area is 121 Å². The molecule has 0 atom stereocenters. The molecule has 0 aliphatic rings. The second-order valence-corrected chi connectivity index (χ2v) is 4.57. The van der Waals surface area contributed by atoms with Crippen molar-refractivity contribution in [3.05, 3.63) is 24.3 Å². The number of allylic oxidation sites excluding steroid dienone is 1. The lowest BCUT2D eigenvalue weighted by molar-refractivity contribution is -0.118. The largest absolute Gasteiger partial charge is 0.379 e. The second-order valence-electron chi connectivity index (χ2n) is 4.57. The Kier molecular flexibility index (Phi) is 10.5. The van der Waals surface area contributed by atoms with Gasteiger partial charge in [-0.15, -0.1) is 0 Å². The van der Waals surface area contributed by atoms with Crippen molar-refractivity contribution in [2.45, 2.75) is 26.7 Å². The van der Waals surface area contributed by atoms with Gasteiger partial charge in [-0.3, -0.25) is 9.59 Å². The van der Waals surface area contributed by atoms with Crippen molar-refractivity contribution in [1.82, 2.24) is 5.32 Å². The predicted octanol–water partition coefficient (Wildman–Crippen LogP) is 1.64. The molecule has 0 spiro atoms. The summed E-state index contributed by atoms with van der Waals surface area (Å²) in [4.78, 5) is 22.4. The first-order valence-corrected chi connectivity index (χ1v) is 6.73. The fraction of sp³-hybridized carbons (Fsp3) is 0.600. The maximum absolute atomic E-state index is 11.2. The molecule has 0 heterocycles. The molecule has 0 aromatic heterocycles. The number of hydrogen-bond donors (Lipinski definition) is 1. The molecule has 0 aromatic rings. The van der Waals surface area contributed by atoms with E-state index in [1.54, 1.807) is 13.8 Å². The number of ether oxygens (including phenoxy) is 2. The fourth-order valence-electron chi connectivity index (χ4n) is 1.26. The molecule has 114 valence electrons. The van der Waals surface area contributed by atoms with Crippen molar-refractivity contribution in [3.8, 4) is 0 Å². The number of carbonyl (C=O) groups is 2. The lowest BCUT2D eigenvalue weighted by atomic mass is 10.1. The Hall–Kier alpha value is -1.46. The van der Waals surface area contributed by atoms with E-state index in [4.69, 9.17) is 9.47 Å². The van der Waals surface area contributed by atoms with E-state index in [9.17, 15) is 9.59 Å². The summed E-state index contributed by atoms with van der Waals surface area (Å²) in [5.74, 6) is -0.0786. The summed E-state index contributed by atoms with van der Waals surface area (Å²) in [6.45, 7) is 12.9. The molecular weight excluding hydrogens is 258 g/mol. The maximum atomic E-state index is 11.2. The Balaban J connectivity index is 3.25. The third kappa shape index (κ3) is 10.5. The van der Waals surface area contributed by atoms with Crippen molar-refractivity contribution in [3.63, 3.8) is 0 Å². The smallest absolute Gasteiger partial charge is 0.246 e. The first kappa shape index (κ1) is 18.5. The third-order valence-corrected chi connectivity index (χ3v) is 2.46. The minimum Gasteiger partial charge on any atom is -0.379 e. The topological polar surface area (TPSA) is 64.6 Å². The van der Waals surface area contributed by atoms with E-state index >= 15 is 0 Å². The zero-order chi connectivity index (χ0) is 15.4. The molecule has 20 heavy (non-hydrogen) atoms. The molecule has 1 amide bonds. The summed E-state index contributed by atoms with van der Waals surface area (Å²) in [6.07, 6.45) is 1.17. The monoisotopic (exact) mass is 283 g/mol. The van der Waals surface area contributed by atoms with Gasteiger partial charge in [0.2, 0.25) is 5.91 Å².